The van der Waals surface area contributed by atoms with Crippen molar-refractivity contribution in [1.82, 2.24) is 10.3 Å². The van der Waals surface area contributed by atoms with Gasteiger partial charge in [0.25, 0.3) is 5.56 Å². The molecule has 0 fully saturated rings. The van der Waals surface area contributed by atoms with Gasteiger partial charge in [0.05, 0.1) is 6.61 Å². The van der Waals surface area contributed by atoms with Crippen LogP contribution in [0, 0.1) is 0 Å². The van der Waals surface area contributed by atoms with Crippen LogP contribution in [0.25, 0.3) is 0 Å². The molecule has 0 saturated carbocycles. The van der Waals surface area contributed by atoms with E-state index in [1.807, 2.05) is 0 Å². The predicted octanol–water partition coefficient (Wildman–Crippen LogP) is 0.450. The third-order valence-electron chi connectivity index (χ3n) is 1.99. The molecule has 1 aromatic heterocycles. The van der Waals surface area contributed by atoms with Crippen molar-refractivity contribution in [2.24, 2.45) is 0 Å². The van der Waals surface area contributed by atoms with Gasteiger partial charge < -0.3 is 20.4 Å². The summed E-state index contributed by atoms with van der Waals surface area (Å²) in [4.78, 5) is 36.1. The number of rotatable bonds is 5. The first-order chi connectivity index (χ1) is 8.63. The molecule has 0 atom stereocenters. The molecule has 0 aliphatic carbocycles. The quantitative estimate of drug-likeness (QED) is 0.709. The second kappa shape index (κ2) is 7.10. The van der Waals surface area contributed by atoms with Gasteiger partial charge in [-0.3, -0.25) is 9.59 Å². The zero-order valence-corrected chi connectivity index (χ0v) is 9.99. The van der Waals surface area contributed by atoms with Crippen LogP contribution in [-0.4, -0.2) is 30.1 Å². The van der Waals surface area contributed by atoms with Gasteiger partial charge in [-0.05, 0) is 19.1 Å². The van der Waals surface area contributed by atoms with Gasteiger partial charge in [-0.15, -0.1) is 0 Å². The molecule has 7 nitrogen and oxygen atoms in total. The van der Waals surface area contributed by atoms with E-state index >= 15 is 0 Å². The van der Waals surface area contributed by atoms with E-state index in [-0.39, 0.29) is 36.7 Å². The van der Waals surface area contributed by atoms with Crippen molar-refractivity contribution < 1.29 is 14.3 Å². The minimum Gasteiger partial charge on any atom is -0.450 e. The number of nitrogens with one attached hydrogen (secondary N) is 3. The lowest BCUT2D eigenvalue weighted by molar-refractivity contribution is -0.116. The van der Waals surface area contributed by atoms with Crippen molar-refractivity contribution in [2.75, 3.05) is 18.5 Å². The zero-order valence-electron chi connectivity index (χ0n) is 9.99. The average Bonchev–Trinajstić information content (AvgIpc) is 2.32. The van der Waals surface area contributed by atoms with E-state index in [9.17, 15) is 14.4 Å². The van der Waals surface area contributed by atoms with E-state index in [1.54, 1.807) is 13.0 Å². The molecule has 0 aromatic carbocycles. The molecule has 2 amide bonds. The number of pyridine rings is 1. The summed E-state index contributed by atoms with van der Waals surface area (Å²) in [5, 5.41) is 4.85. The Morgan fingerprint density at radius 2 is 2.22 bits per heavy atom. The fraction of sp³-hybridized carbons (Fsp3) is 0.364. The molecular formula is C11H15N3O4. The number of carbonyl (C=O) groups excluding carboxylic acids is 2. The SMILES string of the molecule is CCOC(=O)NCCC(=O)Nc1ccc[nH]c1=O. The van der Waals surface area contributed by atoms with Gasteiger partial charge in [-0.1, -0.05) is 0 Å². The number of aromatic nitrogens is 1. The van der Waals surface area contributed by atoms with Crippen molar-refractivity contribution in [3.63, 3.8) is 0 Å². The maximum absolute atomic E-state index is 11.4. The van der Waals surface area contributed by atoms with Gasteiger partial charge in [0.1, 0.15) is 5.69 Å². The third-order valence-corrected chi connectivity index (χ3v) is 1.99. The average molecular weight is 253 g/mol. The van der Waals surface area contributed by atoms with Gasteiger partial charge in [0, 0.05) is 19.2 Å². The Labute approximate surface area is 104 Å². The summed E-state index contributed by atoms with van der Waals surface area (Å²) in [7, 11) is 0. The lowest BCUT2D eigenvalue weighted by Crippen LogP contribution is -2.29. The summed E-state index contributed by atoms with van der Waals surface area (Å²) in [6, 6.07) is 3.10. The number of hydrogen-bond acceptors (Lipinski definition) is 4. The summed E-state index contributed by atoms with van der Waals surface area (Å²) in [5.74, 6) is -0.358. The van der Waals surface area contributed by atoms with E-state index in [2.05, 4.69) is 20.4 Å². The lowest BCUT2D eigenvalue weighted by Gasteiger charge is -2.05. The molecular weight excluding hydrogens is 238 g/mol. The molecule has 1 aromatic rings. The fourth-order valence-corrected chi connectivity index (χ4v) is 1.19. The van der Waals surface area contributed by atoms with Crippen LogP contribution >= 0.6 is 0 Å². The van der Waals surface area contributed by atoms with Crippen LogP contribution in [0.2, 0.25) is 0 Å². The van der Waals surface area contributed by atoms with E-state index in [1.165, 1.54) is 12.3 Å². The first kappa shape index (κ1) is 13.8. The Kier molecular flexibility index (Phi) is 5.43. The minimum absolute atomic E-state index is 0.0626. The molecule has 7 heteroatoms. The number of hydrogen-bond donors (Lipinski definition) is 3. The van der Waals surface area contributed by atoms with Crippen LogP contribution in [0.1, 0.15) is 13.3 Å². The molecule has 0 saturated heterocycles. The summed E-state index contributed by atoms with van der Waals surface area (Å²) < 4.78 is 4.62. The number of ether oxygens (including phenoxy) is 1. The largest absolute Gasteiger partial charge is 0.450 e. The molecule has 0 bridgehead atoms. The molecule has 98 valence electrons. The van der Waals surface area contributed by atoms with Crippen LogP contribution in [0.5, 0.6) is 0 Å². The van der Waals surface area contributed by atoms with Gasteiger partial charge in [0.2, 0.25) is 5.91 Å². The predicted molar refractivity (Wildman–Crippen MR) is 65.3 cm³/mol. The van der Waals surface area contributed by atoms with Crippen LogP contribution in [0.15, 0.2) is 23.1 Å². The fourth-order valence-electron chi connectivity index (χ4n) is 1.19. The highest BCUT2D eigenvalue weighted by molar-refractivity contribution is 5.90. The van der Waals surface area contributed by atoms with Crippen LogP contribution in [-0.2, 0) is 9.53 Å². The minimum atomic E-state index is -0.567. The number of aromatic amines is 1. The highest BCUT2D eigenvalue weighted by atomic mass is 16.5. The Hall–Kier alpha value is -2.31. The Morgan fingerprint density at radius 1 is 1.44 bits per heavy atom. The lowest BCUT2D eigenvalue weighted by atomic mass is 10.3. The van der Waals surface area contributed by atoms with E-state index in [4.69, 9.17) is 0 Å². The molecule has 3 N–H and O–H groups in total. The molecule has 0 aliphatic heterocycles. The number of carbonyl (C=O) groups is 2. The van der Waals surface area contributed by atoms with E-state index in [0.717, 1.165) is 0 Å². The molecule has 0 aliphatic rings. The number of H-pyrrole nitrogens is 1. The van der Waals surface area contributed by atoms with Gasteiger partial charge in [-0.25, -0.2) is 4.79 Å². The summed E-state index contributed by atoms with van der Waals surface area (Å²) in [6.07, 6.45) is 0.968. The number of amides is 2. The van der Waals surface area contributed by atoms with Crippen molar-refractivity contribution in [2.45, 2.75) is 13.3 Å². The van der Waals surface area contributed by atoms with Crippen molar-refractivity contribution in [3.05, 3.63) is 28.7 Å². The first-order valence-electron chi connectivity index (χ1n) is 5.51. The smallest absolute Gasteiger partial charge is 0.407 e. The number of alkyl carbamates (subject to hydrolysis) is 1. The van der Waals surface area contributed by atoms with Crippen LogP contribution in [0.4, 0.5) is 10.5 Å². The molecule has 1 heterocycles. The standard InChI is InChI=1S/C11H15N3O4/c1-2-18-11(17)13-7-5-9(15)14-8-4-3-6-12-10(8)16/h3-4,6H,2,5,7H2,1H3,(H,12,16)(H,13,17)(H,14,15). The normalized spacial score (nSPS) is 9.61. The zero-order chi connectivity index (χ0) is 13.4. The van der Waals surface area contributed by atoms with Crippen molar-refractivity contribution >= 4 is 17.7 Å². The number of anilines is 1. The second-order valence-electron chi connectivity index (χ2n) is 3.36. The van der Waals surface area contributed by atoms with Crippen molar-refractivity contribution in [1.29, 1.82) is 0 Å². The summed E-state index contributed by atoms with van der Waals surface area (Å²) in [5.41, 5.74) is -0.192. The van der Waals surface area contributed by atoms with Crippen molar-refractivity contribution in [3.8, 4) is 0 Å². The highest BCUT2D eigenvalue weighted by Gasteiger charge is 2.06. The Bertz CT molecular complexity index is 469. The monoisotopic (exact) mass is 253 g/mol. The summed E-state index contributed by atoms with van der Waals surface area (Å²) >= 11 is 0. The maximum Gasteiger partial charge on any atom is 0.407 e. The second-order valence-corrected chi connectivity index (χ2v) is 3.36. The molecule has 1 rings (SSSR count). The van der Waals surface area contributed by atoms with E-state index in [0.29, 0.717) is 0 Å². The third kappa shape index (κ3) is 4.69. The molecule has 18 heavy (non-hydrogen) atoms. The van der Waals surface area contributed by atoms with Crippen LogP contribution in [0.3, 0.4) is 0 Å². The Morgan fingerprint density at radius 3 is 2.89 bits per heavy atom. The van der Waals surface area contributed by atoms with Gasteiger partial charge in [0.15, 0.2) is 0 Å². The van der Waals surface area contributed by atoms with Gasteiger partial charge in [-0.2, -0.15) is 0 Å². The van der Waals surface area contributed by atoms with Gasteiger partial charge >= 0.3 is 6.09 Å². The van der Waals surface area contributed by atoms with Crippen LogP contribution < -0.4 is 16.2 Å². The molecule has 0 unspecified atom stereocenters. The van der Waals surface area contributed by atoms with E-state index < -0.39 is 6.09 Å². The highest BCUT2D eigenvalue weighted by Crippen LogP contribution is 1.96. The topological polar surface area (TPSA) is 100 Å². The first-order valence-corrected chi connectivity index (χ1v) is 5.51. The molecule has 0 radical (unpaired) electrons. The summed E-state index contributed by atoms with van der Waals surface area (Å²) in [6.45, 7) is 2.11. The molecule has 0 spiro atoms. The Balaban J connectivity index is 2.33. The maximum atomic E-state index is 11.4.